The summed E-state index contributed by atoms with van der Waals surface area (Å²) in [6.07, 6.45) is 2.26. The van der Waals surface area contributed by atoms with Gasteiger partial charge in [-0.25, -0.2) is 4.52 Å². The zero-order valence-corrected chi connectivity index (χ0v) is 11.5. The molecule has 0 aliphatic carbocycles. The van der Waals surface area contributed by atoms with Gasteiger partial charge in [0.2, 0.25) is 11.9 Å². The van der Waals surface area contributed by atoms with E-state index in [1.807, 2.05) is 39.1 Å². The Balaban J connectivity index is 1.92. The first kappa shape index (κ1) is 13.3. The van der Waals surface area contributed by atoms with Gasteiger partial charge < -0.3 is 10.6 Å². The molecular weight excluding hydrogens is 242 g/mol. The molecule has 0 radical (unpaired) electrons. The van der Waals surface area contributed by atoms with Crippen LogP contribution in [0.2, 0.25) is 0 Å². The molecule has 2 aromatic rings. The van der Waals surface area contributed by atoms with Crippen LogP contribution in [-0.2, 0) is 4.79 Å². The summed E-state index contributed by atoms with van der Waals surface area (Å²) in [5, 5.41) is 10.2. The van der Waals surface area contributed by atoms with E-state index >= 15 is 0 Å². The lowest BCUT2D eigenvalue weighted by Crippen LogP contribution is -2.31. The molecule has 6 heteroatoms. The van der Waals surface area contributed by atoms with Crippen molar-refractivity contribution in [2.24, 2.45) is 0 Å². The second-order valence-electron chi connectivity index (χ2n) is 4.79. The van der Waals surface area contributed by atoms with Crippen LogP contribution in [0.25, 0.3) is 5.65 Å². The van der Waals surface area contributed by atoms with Crippen LogP contribution in [0.4, 0.5) is 5.95 Å². The van der Waals surface area contributed by atoms with Crippen LogP contribution in [0.3, 0.4) is 0 Å². The maximum Gasteiger partial charge on any atom is 0.243 e. The maximum absolute atomic E-state index is 11.5. The number of pyridine rings is 1. The molecule has 0 unspecified atom stereocenters. The molecule has 0 aromatic carbocycles. The number of aromatic nitrogens is 3. The van der Waals surface area contributed by atoms with Gasteiger partial charge in [0.1, 0.15) is 0 Å². The van der Waals surface area contributed by atoms with Gasteiger partial charge in [0.05, 0.1) is 0 Å². The van der Waals surface area contributed by atoms with Gasteiger partial charge in [0, 0.05) is 25.2 Å². The number of rotatable bonds is 5. The zero-order valence-electron chi connectivity index (χ0n) is 11.5. The second-order valence-corrected chi connectivity index (χ2v) is 4.79. The normalized spacial score (nSPS) is 10.9. The van der Waals surface area contributed by atoms with E-state index in [1.54, 1.807) is 4.52 Å². The van der Waals surface area contributed by atoms with E-state index in [-0.39, 0.29) is 11.9 Å². The highest BCUT2D eigenvalue weighted by atomic mass is 16.1. The molecule has 0 saturated heterocycles. The Hall–Kier alpha value is -2.11. The average Bonchev–Trinajstić information content (AvgIpc) is 2.72. The molecule has 0 atom stereocenters. The van der Waals surface area contributed by atoms with Crippen molar-refractivity contribution in [3.8, 4) is 0 Å². The molecule has 2 heterocycles. The van der Waals surface area contributed by atoms with Crippen LogP contribution in [0.1, 0.15) is 25.8 Å². The van der Waals surface area contributed by atoms with Crippen LogP contribution < -0.4 is 10.6 Å². The van der Waals surface area contributed by atoms with E-state index in [0.717, 1.165) is 11.2 Å². The molecule has 2 rings (SSSR count). The largest absolute Gasteiger partial charge is 0.354 e. The van der Waals surface area contributed by atoms with E-state index < -0.39 is 0 Å². The summed E-state index contributed by atoms with van der Waals surface area (Å²) >= 11 is 0. The Labute approximate surface area is 112 Å². The van der Waals surface area contributed by atoms with Gasteiger partial charge in [-0.1, -0.05) is 6.07 Å². The molecule has 102 valence electrons. The molecule has 0 bridgehead atoms. The fourth-order valence-corrected chi connectivity index (χ4v) is 1.80. The predicted molar refractivity (Wildman–Crippen MR) is 74.1 cm³/mol. The van der Waals surface area contributed by atoms with E-state index in [9.17, 15) is 4.79 Å². The standard InChI is InChI=1S/C13H19N5O/c1-9(2)15-11(19)6-7-14-13-16-12-10(3)5-4-8-18(12)17-13/h4-5,8-9H,6-7H2,1-3H3,(H,14,17)(H,15,19). The monoisotopic (exact) mass is 261 g/mol. The van der Waals surface area contributed by atoms with Gasteiger partial charge in [-0.2, -0.15) is 4.98 Å². The molecule has 1 amide bonds. The lowest BCUT2D eigenvalue weighted by atomic mass is 10.3. The Morgan fingerprint density at radius 1 is 1.47 bits per heavy atom. The average molecular weight is 261 g/mol. The first-order chi connectivity index (χ1) is 9.06. The molecule has 19 heavy (non-hydrogen) atoms. The Morgan fingerprint density at radius 2 is 2.26 bits per heavy atom. The summed E-state index contributed by atoms with van der Waals surface area (Å²) in [6.45, 7) is 6.40. The van der Waals surface area contributed by atoms with Crippen LogP contribution in [0.5, 0.6) is 0 Å². The quantitative estimate of drug-likeness (QED) is 0.852. The molecule has 0 aliphatic rings. The van der Waals surface area contributed by atoms with Crippen molar-refractivity contribution in [1.82, 2.24) is 19.9 Å². The number of nitrogens with one attached hydrogen (secondary N) is 2. The van der Waals surface area contributed by atoms with Gasteiger partial charge in [0.25, 0.3) is 0 Å². The minimum Gasteiger partial charge on any atom is -0.354 e. The van der Waals surface area contributed by atoms with Crippen LogP contribution >= 0.6 is 0 Å². The number of anilines is 1. The van der Waals surface area contributed by atoms with Crippen molar-refractivity contribution in [3.05, 3.63) is 23.9 Å². The lowest BCUT2D eigenvalue weighted by molar-refractivity contribution is -0.121. The summed E-state index contributed by atoms with van der Waals surface area (Å²) in [5.74, 6) is 0.578. The second kappa shape index (κ2) is 5.69. The molecule has 2 N–H and O–H groups in total. The van der Waals surface area contributed by atoms with Crippen molar-refractivity contribution in [3.63, 3.8) is 0 Å². The molecule has 0 saturated carbocycles. The van der Waals surface area contributed by atoms with Crippen molar-refractivity contribution >= 4 is 17.5 Å². The minimum absolute atomic E-state index is 0.0300. The Bertz CT molecular complexity index is 575. The summed E-state index contributed by atoms with van der Waals surface area (Å²) in [5.41, 5.74) is 1.90. The van der Waals surface area contributed by atoms with E-state index in [1.165, 1.54) is 0 Å². The topological polar surface area (TPSA) is 71.3 Å². The van der Waals surface area contributed by atoms with E-state index in [2.05, 4.69) is 20.7 Å². The smallest absolute Gasteiger partial charge is 0.243 e. The highest BCUT2D eigenvalue weighted by molar-refractivity contribution is 5.76. The van der Waals surface area contributed by atoms with Crippen LogP contribution in [0.15, 0.2) is 18.3 Å². The van der Waals surface area contributed by atoms with Gasteiger partial charge in [-0.3, -0.25) is 4.79 Å². The summed E-state index contributed by atoms with van der Waals surface area (Å²) < 4.78 is 1.73. The summed E-state index contributed by atoms with van der Waals surface area (Å²) in [7, 11) is 0. The Kier molecular flexibility index (Phi) is 3.99. The van der Waals surface area contributed by atoms with Crippen molar-refractivity contribution < 1.29 is 4.79 Å². The maximum atomic E-state index is 11.5. The third-order valence-electron chi connectivity index (χ3n) is 2.64. The van der Waals surface area contributed by atoms with Gasteiger partial charge in [-0.05, 0) is 32.4 Å². The number of carbonyl (C=O) groups is 1. The first-order valence-electron chi connectivity index (χ1n) is 6.41. The highest BCUT2D eigenvalue weighted by Gasteiger charge is 2.06. The number of fused-ring (bicyclic) bond motifs is 1. The van der Waals surface area contributed by atoms with Crippen LogP contribution in [0, 0.1) is 6.92 Å². The Morgan fingerprint density at radius 3 is 2.95 bits per heavy atom. The van der Waals surface area contributed by atoms with E-state index in [0.29, 0.717) is 18.9 Å². The molecular formula is C13H19N5O. The van der Waals surface area contributed by atoms with Crippen molar-refractivity contribution in [2.75, 3.05) is 11.9 Å². The summed E-state index contributed by atoms with van der Waals surface area (Å²) in [6, 6.07) is 4.09. The number of hydrogen-bond donors (Lipinski definition) is 2. The van der Waals surface area contributed by atoms with Crippen LogP contribution in [-0.4, -0.2) is 33.1 Å². The SMILES string of the molecule is Cc1cccn2nc(NCCC(=O)NC(C)C)nc12. The number of nitrogens with zero attached hydrogens (tertiary/aromatic N) is 3. The lowest BCUT2D eigenvalue weighted by Gasteiger charge is -2.07. The number of carbonyl (C=O) groups excluding carboxylic acids is 1. The number of aryl methyl sites for hydroxylation is 1. The molecule has 0 spiro atoms. The van der Waals surface area contributed by atoms with Crippen molar-refractivity contribution in [1.29, 1.82) is 0 Å². The van der Waals surface area contributed by atoms with Crippen molar-refractivity contribution in [2.45, 2.75) is 33.2 Å². The van der Waals surface area contributed by atoms with Gasteiger partial charge in [-0.15, -0.1) is 5.10 Å². The first-order valence-corrected chi connectivity index (χ1v) is 6.41. The zero-order chi connectivity index (χ0) is 13.8. The summed E-state index contributed by atoms with van der Waals surface area (Å²) in [4.78, 5) is 15.9. The fraction of sp³-hybridized carbons (Fsp3) is 0.462. The molecule has 6 nitrogen and oxygen atoms in total. The van der Waals surface area contributed by atoms with E-state index in [4.69, 9.17) is 0 Å². The third-order valence-corrected chi connectivity index (χ3v) is 2.64. The van der Waals surface area contributed by atoms with Gasteiger partial charge >= 0.3 is 0 Å². The third kappa shape index (κ3) is 3.43. The predicted octanol–water partition coefficient (Wildman–Crippen LogP) is 1.36. The molecule has 2 aromatic heterocycles. The number of hydrogen-bond acceptors (Lipinski definition) is 4. The minimum atomic E-state index is 0.0300. The fourth-order valence-electron chi connectivity index (χ4n) is 1.80. The molecule has 0 aliphatic heterocycles. The highest BCUT2D eigenvalue weighted by Crippen LogP contribution is 2.09. The van der Waals surface area contributed by atoms with Gasteiger partial charge in [0.15, 0.2) is 5.65 Å². The molecule has 0 fully saturated rings. The number of amides is 1.